The summed E-state index contributed by atoms with van der Waals surface area (Å²) in [4.78, 5) is 16.9. The predicted octanol–water partition coefficient (Wildman–Crippen LogP) is 4.66. The van der Waals surface area contributed by atoms with Crippen molar-refractivity contribution in [2.75, 3.05) is 25.6 Å². The molecule has 0 aliphatic carbocycles. The van der Waals surface area contributed by atoms with Crippen LogP contribution in [-0.2, 0) is 4.74 Å². The van der Waals surface area contributed by atoms with Crippen molar-refractivity contribution in [3.8, 4) is 23.1 Å². The van der Waals surface area contributed by atoms with E-state index in [0.717, 1.165) is 16.8 Å². The SMILES string of the molecule is COCCOc1nc(-c2ccc(C)cc2)n(-c2ccc(NC(=O)c3cccc(F)c3)cc2)n1. The highest BCUT2D eigenvalue weighted by molar-refractivity contribution is 6.04. The number of ether oxygens (including phenoxy) is 2. The quantitative estimate of drug-likeness (QED) is 0.398. The van der Waals surface area contributed by atoms with E-state index in [9.17, 15) is 9.18 Å². The van der Waals surface area contributed by atoms with Gasteiger partial charge in [-0.15, -0.1) is 5.10 Å². The fourth-order valence-electron chi connectivity index (χ4n) is 3.16. The number of rotatable bonds is 8. The van der Waals surface area contributed by atoms with Crippen LogP contribution in [0, 0.1) is 12.7 Å². The van der Waals surface area contributed by atoms with Crippen LogP contribution in [-0.4, -0.2) is 41.0 Å². The lowest BCUT2D eigenvalue weighted by atomic mass is 10.1. The standard InChI is InChI=1S/C25H23FN4O3/c1-17-6-8-18(9-7-17)23-28-25(33-15-14-32-2)29-30(23)22-12-10-21(11-13-22)27-24(31)19-4-3-5-20(26)16-19/h3-13,16H,14-15H2,1-2H3,(H,27,31). The summed E-state index contributed by atoms with van der Waals surface area (Å²) >= 11 is 0. The van der Waals surface area contributed by atoms with Gasteiger partial charge in [-0.25, -0.2) is 9.07 Å². The van der Waals surface area contributed by atoms with Crippen molar-refractivity contribution in [2.24, 2.45) is 0 Å². The van der Waals surface area contributed by atoms with Gasteiger partial charge in [-0.2, -0.15) is 4.98 Å². The Morgan fingerprint density at radius 1 is 1.03 bits per heavy atom. The molecule has 168 valence electrons. The van der Waals surface area contributed by atoms with Gasteiger partial charge in [0.2, 0.25) is 0 Å². The monoisotopic (exact) mass is 446 g/mol. The molecule has 0 aliphatic rings. The van der Waals surface area contributed by atoms with Crippen LogP contribution in [0.3, 0.4) is 0 Å². The van der Waals surface area contributed by atoms with Crippen molar-refractivity contribution in [1.29, 1.82) is 0 Å². The zero-order valence-corrected chi connectivity index (χ0v) is 18.3. The third kappa shape index (κ3) is 5.42. The molecule has 0 atom stereocenters. The number of hydrogen-bond donors (Lipinski definition) is 1. The molecular formula is C25H23FN4O3. The Morgan fingerprint density at radius 2 is 1.79 bits per heavy atom. The van der Waals surface area contributed by atoms with Crippen LogP contribution in [0.25, 0.3) is 17.1 Å². The Morgan fingerprint density at radius 3 is 2.48 bits per heavy atom. The topological polar surface area (TPSA) is 78.3 Å². The van der Waals surface area contributed by atoms with Gasteiger partial charge in [0.15, 0.2) is 5.82 Å². The summed E-state index contributed by atoms with van der Waals surface area (Å²) in [6.07, 6.45) is 0. The van der Waals surface area contributed by atoms with E-state index in [2.05, 4.69) is 15.4 Å². The summed E-state index contributed by atoms with van der Waals surface area (Å²) in [6.45, 7) is 2.78. The van der Waals surface area contributed by atoms with E-state index in [0.29, 0.717) is 24.7 Å². The van der Waals surface area contributed by atoms with Gasteiger partial charge in [-0.3, -0.25) is 4.79 Å². The summed E-state index contributed by atoms with van der Waals surface area (Å²) in [5.41, 5.74) is 3.58. The molecule has 0 saturated heterocycles. The molecule has 33 heavy (non-hydrogen) atoms. The van der Waals surface area contributed by atoms with Crippen LogP contribution in [0.15, 0.2) is 72.8 Å². The normalized spacial score (nSPS) is 10.8. The molecule has 1 N–H and O–H groups in total. The maximum atomic E-state index is 13.4. The summed E-state index contributed by atoms with van der Waals surface area (Å²) in [6, 6.07) is 20.9. The molecule has 0 aliphatic heterocycles. The summed E-state index contributed by atoms with van der Waals surface area (Å²) in [5, 5.41) is 7.26. The number of hydrogen-bond acceptors (Lipinski definition) is 5. The van der Waals surface area contributed by atoms with Crippen molar-refractivity contribution < 1.29 is 18.7 Å². The molecule has 0 unspecified atom stereocenters. The first-order chi connectivity index (χ1) is 16.0. The van der Waals surface area contributed by atoms with Crippen molar-refractivity contribution >= 4 is 11.6 Å². The highest BCUT2D eigenvalue weighted by atomic mass is 19.1. The fraction of sp³-hybridized carbons (Fsp3) is 0.160. The maximum absolute atomic E-state index is 13.4. The van der Waals surface area contributed by atoms with Gasteiger partial charge < -0.3 is 14.8 Å². The van der Waals surface area contributed by atoms with Gasteiger partial charge in [0.25, 0.3) is 5.91 Å². The predicted molar refractivity (Wildman–Crippen MR) is 123 cm³/mol. The van der Waals surface area contributed by atoms with E-state index in [1.807, 2.05) is 43.3 Å². The number of methoxy groups -OCH3 is 1. The minimum atomic E-state index is -0.462. The summed E-state index contributed by atoms with van der Waals surface area (Å²) < 4.78 is 25.7. The van der Waals surface area contributed by atoms with E-state index < -0.39 is 11.7 Å². The van der Waals surface area contributed by atoms with Crippen molar-refractivity contribution in [2.45, 2.75) is 6.92 Å². The van der Waals surface area contributed by atoms with E-state index in [1.54, 1.807) is 30.0 Å². The Kier molecular flexibility index (Phi) is 6.75. The van der Waals surface area contributed by atoms with Crippen LogP contribution in [0.4, 0.5) is 10.1 Å². The number of nitrogens with one attached hydrogen (secondary N) is 1. The summed E-state index contributed by atoms with van der Waals surface area (Å²) in [5.74, 6) is -0.229. The van der Waals surface area contributed by atoms with E-state index in [4.69, 9.17) is 9.47 Å². The number of anilines is 1. The molecule has 1 heterocycles. The molecule has 0 spiro atoms. The van der Waals surface area contributed by atoms with Crippen LogP contribution in [0.1, 0.15) is 15.9 Å². The van der Waals surface area contributed by atoms with Crippen molar-refractivity contribution in [1.82, 2.24) is 14.8 Å². The molecule has 0 fully saturated rings. The number of benzene rings is 3. The Hall–Kier alpha value is -4.04. The number of aromatic nitrogens is 3. The molecular weight excluding hydrogens is 423 g/mol. The number of amides is 1. The van der Waals surface area contributed by atoms with E-state index >= 15 is 0 Å². The third-order valence-electron chi connectivity index (χ3n) is 4.87. The van der Waals surface area contributed by atoms with Gasteiger partial charge in [0.05, 0.1) is 12.3 Å². The van der Waals surface area contributed by atoms with E-state index in [1.165, 1.54) is 18.2 Å². The Balaban J connectivity index is 1.59. The minimum absolute atomic E-state index is 0.242. The average Bonchev–Trinajstić information content (AvgIpc) is 3.24. The summed E-state index contributed by atoms with van der Waals surface area (Å²) in [7, 11) is 1.60. The highest BCUT2D eigenvalue weighted by Crippen LogP contribution is 2.25. The first kappa shape index (κ1) is 22.2. The van der Waals surface area contributed by atoms with Crippen LogP contribution in [0.5, 0.6) is 6.01 Å². The van der Waals surface area contributed by atoms with Crippen molar-refractivity contribution in [3.63, 3.8) is 0 Å². The molecule has 1 aromatic heterocycles. The molecule has 4 rings (SSSR count). The molecule has 0 saturated carbocycles. The first-order valence-corrected chi connectivity index (χ1v) is 10.4. The third-order valence-corrected chi connectivity index (χ3v) is 4.87. The number of carbonyl (C=O) groups is 1. The smallest absolute Gasteiger partial charge is 0.336 e. The fourth-order valence-corrected chi connectivity index (χ4v) is 3.16. The molecule has 1 amide bonds. The number of carbonyl (C=O) groups excluding carboxylic acids is 1. The zero-order valence-electron chi connectivity index (χ0n) is 18.3. The Labute approximate surface area is 190 Å². The lowest BCUT2D eigenvalue weighted by molar-refractivity contribution is 0.102. The Bertz CT molecular complexity index is 1240. The van der Waals surface area contributed by atoms with Gasteiger partial charge in [-0.05, 0) is 49.4 Å². The second-order valence-electron chi connectivity index (χ2n) is 7.35. The molecule has 3 aromatic carbocycles. The lowest BCUT2D eigenvalue weighted by Crippen LogP contribution is -2.12. The number of nitrogens with zero attached hydrogens (tertiary/aromatic N) is 3. The van der Waals surface area contributed by atoms with Crippen LogP contribution < -0.4 is 10.1 Å². The van der Waals surface area contributed by atoms with Gasteiger partial charge >= 0.3 is 6.01 Å². The molecule has 4 aromatic rings. The van der Waals surface area contributed by atoms with Gasteiger partial charge in [-0.1, -0.05) is 35.9 Å². The van der Waals surface area contributed by atoms with E-state index in [-0.39, 0.29) is 11.6 Å². The lowest BCUT2D eigenvalue weighted by Gasteiger charge is -2.09. The van der Waals surface area contributed by atoms with Crippen LogP contribution >= 0.6 is 0 Å². The molecule has 8 heteroatoms. The average molecular weight is 446 g/mol. The van der Waals surface area contributed by atoms with Gasteiger partial charge in [0.1, 0.15) is 12.4 Å². The molecule has 0 radical (unpaired) electrons. The maximum Gasteiger partial charge on any atom is 0.336 e. The second-order valence-corrected chi connectivity index (χ2v) is 7.35. The largest absolute Gasteiger partial charge is 0.460 e. The van der Waals surface area contributed by atoms with Crippen LogP contribution in [0.2, 0.25) is 0 Å². The van der Waals surface area contributed by atoms with Gasteiger partial charge in [0, 0.05) is 23.9 Å². The first-order valence-electron chi connectivity index (χ1n) is 10.4. The molecule has 7 nitrogen and oxygen atoms in total. The number of halogens is 1. The zero-order chi connectivity index (χ0) is 23.2. The number of aryl methyl sites for hydroxylation is 1. The molecule has 0 bridgehead atoms. The second kappa shape index (κ2) is 10.1. The minimum Gasteiger partial charge on any atom is -0.460 e. The van der Waals surface area contributed by atoms with Crippen molar-refractivity contribution in [3.05, 3.63) is 89.7 Å². The highest BCUT2D eigenvalue weighted by Gasteiger charge is 2.15.